The first-order valence-corrected chi connectivity index (χ1v) is 14.3. The topological polar surface area (TPSA) is 122 Å². The molecular weight excluding hydrogens is 508 g/mol. The molecule has 40 heavy (non-hydrogen) atoms. The quantitative estimate of drug-likeness (QED) is 0.0625. The maximum Gasteiger partial charge on any atom is 0.330 e. The standard InChI is InChI=1S/C32H48N2O6/c1-3-5-6-7-8-9-10-11-12-13-14-15-16-17-18-19-20-24-30(36)34-28(32(38)39)23-21-22-27-33-29(35)25-26-31(37)40-4-2/h5-6,8-9,11-12,14-15,17-18,25-26,28H,3-4,7,10,13,16,19-24,27H2,1-2H3,(H,33,35)(H,34,36)(H,38,39)/t28-/m0/s1. The van der Waals surface area contributed by atoms with Crippen molar-refractivity contribution in [2.75, 3.05) is 13.2 Å². The summed E-state index contributed by atoms with van der Waals surface area (Å²) in [5.74, 6) is -2.37. The zero-order valence-electron chi connectivity index (χ0n) is 24.2. The highest BCUT2D eigenvalue weighted by Crippen LogP contribution is 2.04. The molecule has 0 heterocycles. The number of hydrogen-bond acceptors (Lipinski definition) is 5. The summed E-state index contributed by atoms with van der Waals surface area (Å²) in [5.41, 5.74) is 0. The molecule has 0 saturated carbocycles. The first kappa shape index (κ1) is 36.3. The third-order valence-corrected chi connectivity index (χ3v) is 5.44. The molecule has 2 amide bonds. The molecule has 0 aromatic heterocycles. The molecule has 0 bridgehead atoms. The number of unbranched alkanes of at least 4 members (excludes halogenated alkanes) is 2. The van der Waals surface area contributed by atoms with Crippen molar-refractivity contribution in [1.29, 1.82) is 0 Å². The Balaban J connectivity index is 3.95. The maximum absolute atomic E-state index is 12.1. The van der Waals surface area contributed by atoms with E-state index < -0.39 is 23.9 Å². The molecule has 0 spiro atoms. The Morgan fingerprint density at radius 3 is 1.88 bits per heavy atom. The number of carboxylic acids is 1. The largest absolute Gasteiger partial charge is 0.480 e. The minimum Gasteiger partial charge on any atom is -0.480 e. The molecule has 0 aromatic rings. The number of amides is 2. The summed E-state index contributed by atoms with van der Waals surface area (Å²) in [4.78, 5) is 46.4. The van der Waals surface area contributed by atoms with Crippen LogP contribution in [0.15, 0.2) is 72.9 Å². The number of aliphatic carboxylic acids is 1. The van der Waals surface area contributed by atoms with Gasteiger partial charge in [0.25, 0.3) is 0 Å². The van der Waals surface area contributed by atoms with E-state index in [0.29, 0.717) is 25.8 Å². The van der Waals surface area contributed by atoms with E-state index >= 15 is 0 Å². The van der Waals surface area contributed by atoms with Crippen LogP contribution in [0.2, 0.25) is 0 Å². The van der Waals surface area contributed by atoms with E-state index in [4.69, 9.17) is 0 Å². The van der Waals surface area contributed by atoms with Gasteiger partial charge in [-0.3, -0.25) is 9.59 Å². The molecule has 3 N–H and O–H groups in total. The van der Waals surface area contributed by atoms with Crippen molar-refractivity contribution in [2.45, 2.75) is 90.5 Å². The Bertz CT molecular complexity index is 899. The Kier molecular flexibility index (Phi) is 24.4. The molecule has 0 aliphatic rings. The molecule has 8 heteroatoms. The number of allylic oxidation sites excluding steroid dienone is 10. The van der Waals surface area contributed by atoms with Crippen molar-refractivity contribution in [3.63, 3.8) is 0 Å². The molecule has 0 aliphatic heterocycles. The van der Waals surface area contributed by atoms with Crippen molar-refractivity contribution >= 4 is 23.8 Å². The number of carbonyl (C=O) groups excluding carboxylic acids is 3. The number of ether oxygens (including phenoxy) is 1. The van der Waals surface area contributed by atoms with Crippen LogP contribution < -0.4 is 10.6 Å². The van der Waals surface area contributed by atoms with Gasteiger partial charge in [0.05, 0.1) is 6.61 Å². The highest BCUT2D eigenvalue weighted by Gasteiger charge is 2.18. The molecule has 0 radical (unpaired) electrons. The third kappa shape index (κ3) is 24.6. The van der Waals surface area contributed by atoms with Gasteiger partial charge in [0.15, 0.2) is 0 Å². The lowest BCUT2D eigenvalue weighted by atomic mass is 10.1. The number of nitrogens with one attached hydrogen (secondary N) is 2. The van der Waals surface area contributed by atoms with E-state index in [1.165, 1.54) is 0 Å². The molecule has 0 aromatic carbocycles. The Hall–Kier alpha value is -3.68. The smallest absolute Gasteiger partial charge is 0.330 e. The van der Waals surface area contributed by atoms with Crippen molar-refractivity contribution in [3.8, 4) is 0 Å². The van der Waals surface area contributed by atoms with E-state index in [2.05, 4.69) is 77.0 Å². The van der Waals surface area contributed by atoms with Gasteiger partial charge in [0.1, 0.15) is 6.04 Å². The van der Waals surface area contributed by atoms with Crippen LogP contribution in [0.1, 0.15) is 84.5 Å². The van der Waals surface area contributed by atoms with Gasteiger partial charge in [-0.1, -0.05) is 67.7 Å². The highest BCUT2D eigenvalue weighted by molar-refractivity contribution is 5.94. The van der Waals surface area contributed by atoms with Gasteiger partial charge in [-0.15, -0.1) is 0 Å². The van der Waals surface area contributed by atoms with Crippen LogP contribution in [0.4, 0.5) is 0 Å². The minimum absolute atomic E-state index is 0.233. The second kappa shape index (κ2) is 26.9. The average molecular weight is 557 g/mol. The van der Waals surface area contributed by atoms with Gasteiger partial charge in [-0.25, -0.2) is 9.59 Å². The van der Waals surface area contributed by atoms with Crippen LogP contribution in [0.5, 0.6) is 0 Å². The summed E-state index contributed by atoms with van der Waals surface area (Å²) in [5, 5.41) is 14.6. The summed E-state index contributed by atoms with van der Waals surface area (Å²) >= 11 is 0. The predicted octanol–water partition coefficient (Wildman–Crippen LogP) is 5.88. The average Bonchev–Trinajstić information content (AvgIpc) is 2.92. The van der Waals surface area contributed by atoms with Crippen molar-refractivity contribution in [3.05, 3.63) is 72.9 Å². The van der Waals surface area contributed by atoms with Gasteiger partial charge in [0.2, 0.25) is 11.8 Å². The van der Waals surface area contributed by atoms with Gasteiger partial charge < -0.3 is 20.5 Å². The summed E-state index contributed by atoms with van der Waals surface area (Å²) < 4.78 is 4.69. The Morgan fingerprint density at radius 2 is 1.32 bits per heavy atom. The second-order valence-corrected chi connectivity index (χ2v) is 8.93. The number of rotatable bonds is 23. The summed E-state index contributed by atoms with van der Waals surface area (Å²) in [7, 11) is 0. The van der Waals surface area contributed by atoms with E-state index in [0.717, 1.165) is 50.7 Å². The van der Waals surface area contributed by atoms with E-state index in [1.54, 1.807) is 6.92 Å². The normalized spacial score (nSPS) is 12.8. The molecular formula is C32H48N2O6. The summed E-state index contributed by atoms with van der Waals surface area (Å²) in [6.07, 6.45) is 31.3. The van der Waals surface area contributed by atoms with Crippen LogP contribution >= 0.6 is 0 Å². The molecule has 0 rings (SSSR count). The third-order valence-electron chi connectivity index (χ3n) is 5.44. The first-order valence-electron chi connectivity index (χ1n) is 14.3. The molecule has 222 valence electrons. The molecule has 0 unspecified atom stereocenters. The summed E-state index contributed by atoms with van der Waals surface area (Å²) in [6, 6.07) is -0.958. The van der Waals surface area contributed by atoms with Crippen LogP contribution in [-0.2, 0) is 23.9 Å². The second-order valence-electron chi connectivity index (χ2n) is 8.93. The Morgan fingerprint density at radius 1 is 0.750 bits per heavy atom. The number of esters is 1. The zero-order chi connectivity index (χ0) is 29.7. The van der Waals surface area contributed by atoms with E-state index in [9.17, 15) is 24.3 Å². The lowest BCUT2D eigenvalue weighted by molar-refractivity contribution is -0.142. The van der Waals surface area contributed by atoms with Gasteiger partial charge in [-0.2, -0.15) is 0 Å². The van der Waals surface area contributed by atoms with E-state index in [-0.39, 0.29) is 25.4 Å². The zero-order valence-corrected chi connectivity index (χ0v) is 24.2. The fourth-order valence-electron chi connectivity index (χ4n) is 3.35. The van der Waals surface area contributed by atoms with Crippen molar-refractivity contribution < 1.29 is 29.0 Å². The van der Waals surface area contributed by atoms with Gasteiger partial charge >= 0.3 is 11.9 Å². The first-order chi connectivity index (χ1) is 19.4. The molecule has 8 nitrogen and oxygen atoms in total. The predicted molar refractivity (Wildman–Crippen MR) is 161 cm³/mol. The molecule has 1 atom stereocenters. The molecule has 0 aliphatic carbocycles. The SMILES string of the molecule is CCC=CCC=CCC=CCC=CCC=CCCCC(=O)N[C@@H](CCCCNC(=O)C=CC(=O)OCC)C(=O)O. The summed E-state index contributed by atoms with van der Waals surface area (Å²) in [6.45, 7) is 4.37. The number of carbonyl (C=O) groups is 4. The monoisotopic (exact) mass is 556 g/mol. The van der Waals surface area contributed by atoms with E-state index in [1.807, 2.05) is 6.08 Å². The van der Waals surface area contributed by atoms with Crippen molar-refractivity contribution in [1.82, 2.24) is 10.6 Å². The number of carboxylic acid groups (broad SMARTS) is 1. The van der Waals surface area contributed by atoms with Crippen LogP contribution in [0, 0.1) is 0 Å². The Labute approximate surface area is 240 Å². The molecule has 0 fully saturated rings. The fraction of sp³-hybridized carbons (Fsp3) is 0.500. The lowest BCUT2D eigenvalue weighted by Gasteiger charge is -2.14. The minimum atomic E-state index is -1.08. The fourth-order valence-corrected chi connectivity index (χ4v) is 3.35. The van der Waals surface area contributed by atoms with Crippen LogP contribution in [0.25, 0.3) is 0 Å². The number of hydrogen-bond donors (Lipinski definition) is 3. The van der Waals surface area contributed by atoms with Crippen molar-refractivity contribution in [2.24, 2.45) is 0 Å². The molecule has 0 saturated heterocycles. The maximum atomic E-state index is 12.1. The highest BCUT2D eigenvalue weighted by atomic mass is 16.5. The van der Waals surface area contributed by atoms with Crippen LogP contribution in [-0.4, -0.2) is 48.1 Å². The van der Waals surface area contributed by atoms with Gasteiger partial charge in [0, 0.05) is 25.1 Å². The van der Waals surface area contributed by atoms with Crippen LogP contribution in [0.3, 0.4) is 0 Å². The lowest BCUT2D eigenvalue weighted by Crippen LogP contribution is -2.40. The van der Waals surface area contributed by atoms with Gasteiger partial charge in [-0.05, 0) is 71.1 Å².